The Morgan fingerprint density at radius 3 is 1.47 bits per heavy atom. The Bertz CT molecular complexity index is 4060. The summed E-state index contributed by atoms with van der Waals surface area (Å²) in [6, 6.07) is 77.8. The third-order valence-electron chi connectivity index (χ3n) is 17.0. The Hall–Kier alpha value is -7.59. The molecule has 0 aliphatic carbocycles. The number of rotatable bonds is 12. The molecule has 5 nitrogen and oxygen atoms in total. The van der Waals surface area contributed by atoms with Crippen molar-refractivity contribution in [2.75, 3.05) is 0 Å². The minimum absolute atomic E-state index is 0. The third kappa shape index (κ3) is 11.2. The maximum atomic E-state index is 7.20. The fraction of sp³-hybridized carbons (Fsp3) is 0.273. The van der Waals surface area contributed by atoms with Gasteiger partial charge in [-0.15, -0.1) is 35.2 Å². The largest absolute Gasteiger partial charge is 0.510 e. The van der Waals surface area contributed by atoms with Crippen LogP contribution in [0, 0.1) is 18.5 Å². The van der Waals surface area contributed by atoms with E-state index in [1.165, 1.54) is 44.6 Å². The summed E-state index contributed by atoms with van der Waals surface area (Å²) in [4.78, 5) is 5.03. The van der Waals surface area contributed by atoms with Crippen LogP contribution in [0.3, 0.4) is 0 Å². The van der Waals surface area contributed by atoms with Gasteiger partial charge in [0.15, 0.2) is 0 Å². The number of hydrogen-bond donors (Lipinski definition) is 0. The number of benzene rings is 8. The minimum atomic E-state index is -0.434. The molecule has 11 rings (SSSR count). The van der Waals surface area contributed by atoms with Gasteiger partial charge in [0.2, 0.25) is 0 Å². The molecule has 3 aromatic heterocycles. The molecule has 83 heavy (non-hydrogen) atoms. The normalized spacial score (nSPS) is 12.7. The van der Waals surface area contributed by atoms with Crippen LogP contribution in [-0.2, 0) is 53.6 Å². The van der Waals surface area contributed by atoms with E-state index in [9.17, 15) is 0 Å². The van der Waals surface area contributed by atoms with E-state index >= 15 is 0 Å². The molecule has 0 fully saturated rings. The van der Waals surface area contributed by atoms with Crippen LogP contribution in [0.2, 0.25) is 0 Å². The standard InChI is InChI=1S/C77H78N4O.Pt/c1-72(2,3)57-40-41-78-69(48-57)81-67-39-36-53(52-28-20-16-21-29-52)42-66(67)65-38-37-63(50-68(65)81)82-64-47-60(77(14,15)56-34-26-19-27-35-56)46-62(49-64)80-51-79(70(73(4,5)6)71(80)74(7,8)9)61-44-58(75(10,11)54-30-22-17-23-31-54)43-59(45-61)76(12,13)55-32-24-18-25-33-55;/h16-48H,1-15H3;/q-2;. The van der Waals surface area contributed by atoms with Crippen molar-refractivity contribution >= 4 is 21.8 Å². The van der Waals surface area contributed by atoms with Gasteiger partial charge in [-0.25, -0.2) is 4.98 Å². The zero-order chi connectivity index (χ0) is 58.1. The van der Waals surface area contributed by atoms with Gasteiger partial charge in [-0.2, -0.15) is 12.1 Å². The molecule has 0 spiro atoms. The molecule has 0 unspecified atom stereocenters. The number of nitrogens with zero attached hydrogens (tertiary/aromatic N) is 4. The van der Waals surface area contributed by atoms with Gasteiger partial charge in [0.05, 0.1) is 17.1 Å². The molecule has 0 saturated carbocycles. The summed E-state index contributed by atoms with van der Waals surface area (Å²) in [5.74, 6) is 1.99. The summed E-state index contributed by atoms with van der Waals surface area (Å²) in [5, 5.41) is 2.18. The van der Waals surface area contributed by atoms with Gasteiger partial charge in [-0.05, 0) is 108 Å². The molecular formula is C77H78N4OPt-2. The van der Waals surface area contributed by atoms with Crippen molar-refractivity contribution in [3.8, 4) is 39.8 Å². The number of hydrogen-bond acceptors (Lipinski definition) is 2. The summed E-state index contributed by atoms with van der Waals surface area (Å²) in [6.45, 7) is 34.7. The molecule has 0 aliphatic rings. The van der Waals surface area contributed by atoms with Crippen molar-refractivity contribution in [1.82, 2.24) is 14.1 Å². The first kappa shape index (κ1) is 58.6. The molecule has 3 heterocycles. The zero-order valence-electron chi connectivity index (χ0n) is 51.1. The van der Waals surface area contributed by atoms with E-state index < -0.39 is 5.41 Å². The number of aromatic nitrogens is 4. The van der Waals surface area contributed by atoms with Gasteiger partial charge in [0.25, 0.3) is 6.33 Å². The molecule has 0 bridgehead atoms. The summed E-state index contributed by atoms with van der Waals surface area (Å²) in [6.07, 6.45) is 5.99. The van der Waals surface area contributed by atoms with Crippen LogP contribution < -0.4 is 9.30 Å². The number of ether oxygens (including phenoxy) is 1. The van der Waals surface area contributed by atoms with Crippen LogP contribution in [-0.4, -0.2) is 14.1 Å². The van der Waals surface area contributed by atoms with Gasteiger partial charge in [-0.1, -0.05) is 249 Å². The van der Waals surface area contributed by atoms with E-state index in [1.807, 2.05) is 6.20 Å². The van der Waals surface area contributed by atoms with Gasteiger partial charge in [-0.3, -0.25) is 4.57 Å². The second kappa shape index (κ2) is 21.9. The summed E-state index contributed by atoms with van der Waals surface area (Å²) in [7, 11) is 0. The molecule has 0 aliphatic heterocycles. The average molecular weight is 1270 g/mol. The molecule has 6 heteroatoms. The molecule has 0 saturated heterocycles. The van der Waals surface area contributed by atoms with Gasteiger partial charge >= 0.3 is 0 Å². The van der Waals surface area contributed by atoms with Gasteiger partial charge < -0.3 is 13.9 Å². The van der Waals surface area contributed by atoms with Crippen LogP contribution in [0.15, 0.2) is 200 Å². The summed E-state index contributed by atoms with van der Waals surface area (Å²) >= 11 is 0. The molecule has 0 amide bonds. The van der Waals surface area contributed by atoms with Crippen LogP contribution in [0.1, 0.15) is 154 Å². The Balaban J connectivity index is 0.00000769. The van der Waals surface area contributed by atoms with Crippen molar-refractivity contribution < 1.29 is 30.4 Å². The predicted molar refractivity (Wildman–Crippen MR) is 340 cm³/mol. The Morgan fingerprint density at radius 1 is 0.422 bits per heavy atom. The van der Waals surface area contributed by atoms with Gasteiger partial charge in [0, 0.05) is 55.1 Å². The van der Waals surface area contributed by atoms with Crippen molar-refractivity contribution in [2.24, 2.45) is 0 Å². The average Bonchev–Trinajstić information content (AvgIpc) is 4.17. The van der Waals surface area contributed by atoms with E-state index in [0.29, 0.717) is 11.5 Å². The van der Waals surface area contributed by atoms with E-state index in [2.05, 4.69) is 330 Å². The SMILES string of the molecule is CC(C)(C)c1ccnc(-n2c3[c-]c(Oc4[c-]c(-n5[c-][n+](-c6cc(C(C)(C)c7ccccc7)cc(C(C)(C)c7ccccc7)c6)c(C(C)(C)C)c5C(C)(C)C)cc(C(C)(C)c5ccccc5)c4)ccc3c3cc(-c4ccccc4)ccc32)c1.[Pt]. The second-order valence-corrected chi connectivity index (χ2v) is 27.1. The number of imidazole rings is 1. The maximum absolute atomic E-state index is 7.20. The first-order valence-electron chi connectivity index (χ1n) is 29.0. The quantitative estimate of drug-likeness (QED) is 0.0903. The van der Waals surface area contributed by atoms with Crippen LogP contribution >= 0.6 is 0 Å². The number of pyridine rings is 1. The molecule has 8 aromatic carbocycles. The summed E-state index contributed by atoms with van der Waals surface area (Å²) < 4.78 is 14.1. The van der Waals surface area contributed by atoms with E-state index in [-0.39, 0.29) is 48.1 Å². The first-order valence-corrected chi connectivity index (χ1v) is 29.0. The maximum Gasteiger partial charge on any atom is 0.267 e. The minimum Gasteiger partial charge on any atom is -0.510 e. The van der Waals surface area contributed by atoms with Crippen LogP contribution in [0.5, 0.6) is 11.5 Å². The Morgan fingerprint density at radius 2 is 0.952 bits per heavy atom. The fourth-order valence-electron chi connectivity index (χ4n) is 11.9. The Labute approximate surface area is 508 Å². The second-order valence-electron chi connectivity index (χ2n) is 27.1. The van der Waals surface area contributed by atoms with Crippen molar-refractivity contribution in [2.45, 2.75) is 136 Å². The van der Waals surface area contributed by atoms with Crippen LogP contribution in [0.4, 0.5) is 0 Å². The van der Waals surface area contributed by atoms with Crippen molar-refractivity contribution in [1.29, 1.82) is 0 Å². The van der Waals surface area contributed by atoms with E-state index in [1.54, 1.807) is 0 Å². The zero-order valence-corrected chi connectivity index (χ0v) is 53.3. The van der Waals surface area contributed by atoms with Gasteiger partial charge in [0.1, 0.15) is 5.82 Å². The van der Waals surface area contributed by atoms with Crippen molar-refractivity contribution in [3.63, 3.8) is 0 Å². The van der Waals surface area contributed by atoms with E-state index in [0.717, 1.165) is 55.8 Å². The predicted octanol–water partition coefficient (Wildman–Crippen LogP) is 19.0. The fourth-order valence-corrected chi connectivity index (χ4v) is 11.9. The summed E-state index contributed by atoms with van der Waals surface area (Å²) in [5.41, 5.74) is 15.1. The molecule has 11 aromatic rings. The number of fused-ring (bicyclic) bond motifs is 3. The molecular weight excluding hydrogens is 1190 g/mol. The Kier molecular flexibility index (Phi) is 15.4. The smallest absolute Gasteiger partial charge is 0.267 e. The van der Waals surface area contributed by atoms with Crippen molar-refractivity contribution in [3.05, 3.63) is 269 Å². The molecule has 0 radical (unpaired) electrons. The molecule has 0 atom stereocenters. The molecule has 424 valence electrons. The first-order chi connectivity index (χ1) is 38.8. The topological polar surface area (TPSA) is 35.9 Å². The monoisotopic (exact) mass is 1270 g/mol. The van der Waals surface area contributed by atoms with E-state index in [4.69, 9.17) is 9.72 Å². The third-order valence-corrected chi connectivity index (χ3v) is 17.0. The van der Waals surface area contributed by atoms with Crippen LogP contribution in [0.25, 0.3) is 50.1 Å². The molecule has 0 N–H and O–H groups in total.